The van der Waals surface area contributed by atoms with E-state index in [2.05, 4.69) is 10.4 Å². The first-order chi connectivity index (χ1) is 9.58. The molecule has 0 bridgehead atoms. The highest BCUT2D eigenvalue weighted by Crippen LogP contribution is 2.22. The van der Waals surface area contributed by atoms with Crippen LogP contribution in [0.5, 0.6) is 0 Å². The summed E-state index contributed by atoms with van der Waals surface area (Å²) in [7, 11) is 1.63. The molecule has 2 aromatic rings. The normalized spacial score (nSPS) is 12.2. The molecule has 6 nitrogen and oxygen atoms in total. The SMILES string of the molecule is CC(CO)N(C)C(=O)c1cc(NN)c2ccccc2n1. The molecule has 0 saturated heterocycles. The summed E-state index contributed by atoms with van der Waals surface area (Å²) in [4.78, 5) is 18.1. The lowest BCUT2D eigenvalue weighted by Crippen LogP contribution is -2.37. The summed E-state index contributed by atoms with van der Waals surface area (Å²) < 4.78 is 0. The van der Waals surface area contributed by atoms with Crippen LogP contribution in [0.25, 0.3) is 10.9 Å². The molecule has 20 heavy (non-hydrogen) atoms. The first kappa shape index (κ1) is 14.2. The van der Waals surface area contributed by atoms with Gasteiger partial charge < -0.3 is 15.4 Å². The van der Waals surface area contributed by atoms with Gasteiger partial charge in [0.05, 0.1) is 23.9 Å². The van der Waals surface area contributed by atoms with Crippen LogP contribution < -0.4 is 11.3 Å². The van der Waals surface area contributed by atoms with Crippen molar-refractivity contribution < 1.29 is 9.90 Å². The Hall–Kier alpha value is -2.18. The third-order valence-corrected chi connectivity index (χ3v) is 3.34. The van der Waals surface area contributed by atoms with Gasteiger partial charge in [0.15, 0.2) is 0 Å². The predicted octanol–water partition coefficient (Wildman–Crippen LogP) is 0.973. The van der Waals surface area contributed by atoms with E-state index in [1.807, 2.05) is 24.3 Å². The fourth-order valence-corrected chi connectivity index (χ4v) is 1.91. The number of amides is 1. The van der Waals surface area contributed by atoms with E-state index in [4.69, 9.17) is 10.9 Å². The Labute approximate surface area is 117 Å². The van der Waals surface area contributed by atoms with E-state index in [1.165, 1.54) is 4.90 Å². The van der Waals surface area contributed by atoms with Gasteiger partial charge in [0.1, 0.15) is 5.69 Å². The summed E-state index contributed by atoms with van der Waals surface area (Å²) in [5, 5.41) is 9.98. The quantitative estimate of drug-likeness (QED) is 0.571. The van der Waals surface area contributed by atoms with Crippen LogP contribution in [-0.4, -0.2) is 40.6 Å². The second-order valence-electron chi connectivity index (χ2n) is 4.66. The molecular weight excluding hydrogens is 256 g/mol. The zero-order valence-electron chi connectivity index (χ0n) is 11.5. The second kappa shape index (κ2) is 5.85. The number of anilines is 1. The van der Waals surface area contributed by atoms with Crippen LogP contribution >= 0.6 is 0 Å². The number of pyridine rings is 1. The van der Waals surface area contributed by atoms with Gasteiger partial charge in [-0.15, -0.1) is 0 Å². The van der Waals surface area contributed by atoms with Crippen molar-refractivity contribution in [1.29, 1.82) is 0 Å². The lowest BCUT2D eigenvalue weighted by atomic mass is 10.1. The highest BCUT2D eigenvalue weighted by atomic mass is 16.3. The Kier molecular flexibility index (Phi) is 4.16. The van der Waals surface area contributed by atoms with Gasteiger partial charge >= 0.3 is 0 Å². The van der Waals surface area contributed by atoms with Crippen molar-refractivity contribution in [2.45, 2.75) is 13.0 Å². The molecule has 0 aliphatic carbocycles. The van der Waals surface area contributed by atoms with Gasteiger partial charge in [0.25, 0.3) is 5.91 Å². The maximum atomic E-state index is 12.3. The van der Waals surface area contributed by atoms with E-state index in [0.717, 1.165) is 5.39 Å². The number of aliphatic hydroxyl groups excluding tert-OH is 1. The highest BCUT2D eigenvalue weighted by molar-refractivity contribution is 5.99. The molecule has 0 saturated carbocycles. The fraction of sp³-hybridized carbons (Fsp3) is 0.286. The minimum absolute atomic E-state index is 0.0994. The first-order valence-corrected chi connectivity index (χ1v) is 6.33. The molecule has 1 aromatic carbocycles. The smallest absolute Gasteiger partial charge is 0.272 e. The molecule has 1 aromatic heterocycles. The van der Waals surface area contributed by atoms with Gasteiger partial charge in [-0.1, -0.05) is 18.2 Å². The topological polar surface area (TPSA) is 91.5 Å². The van der Waals surface area contributed by atoms with E-state index in [9.17, 15) is 4.79 Å². The van der Waals surface area contributed by atoms with E-state index >= 15 is 0 Å². The Bertz CT molecular complexity index is 630. The Balaban J connectivity index is 2.47. The van der Waals surface area contributed by atoms with Crippen molar-refractivity contribution in [1.82, 2.24) is 9.88 Å². The molecule has 106 valence electrons. The summed E-state index contributed by atoms with van der Waals surface area (Å²) in [6, 6.07) is 8.78. The number of hydrogen-bond acceptors (Lipinski definition) is 5. The summed E-state index contributed by atoms with van der Waals surface area (Å²) in [6.07, 6.45) is 0. The van der Waals surface area contributed by atoms with Crippen LogP contribution in [0, 0.1) is 0 Å². The number of nitrogens with two attached hydrogens (primary N) is 1. The lowest BCUT2D eigenvalue weighted by molar-refractivity contribution is 0.0677. The Morgan fingerprint density at radius 3 is 2.85 bits per heavy atom. The summed E-state index contributed by atoms with van der Waals surface area (Å²) in [6.45, 7) is 1.67. The summed E-state index contributed by atoms with van der Waals surface area (Å²) >= 11 is 0. The molecule has 0 spiro atoms. The van der Waals surface area contributed by atoms with Crippen LogP contribution in [0.1, 0.15) is 17.4 Å². The average Bonchev–Trinajstić information content (AvgIpc) is 2.51. The summed E-state index contributed by atoms with van der Waals surface area (Å²) in [5.41, 5.74) is 4.21. The summed E-state index contributed by atoms with van der Waals surface area (Å²) in [5.74, 6) is 5.25. The third kappa shape index (κ3) is 2.56. The molecule has 1 heterocycles. The molecule has 6 heteroatoms. The van der Waals surface area contributed by atoms with Crippen molar-refractivity contribution in [2.75, 3.05) is 19.1 Å². The monoisotopic (exact) mass is 274 g/mol. The van der Waals surface area contributed by atoms with Gasteiger partial charge in [-0.25, -0.2) is 4.98 Å². The standard InChI is InChI=1S/C14H18N4O2/c1-9(8-19)18(2)14(20)13-7-12(17-15)10-5-3-4-6-11(10)16-13/h3-7,9,19H,8,15H2,1-2H3,(H,16,17). The number of nitrogens with one attached hydrogen (secondary N) is 1. The van der Waals surface area contributed by atoms with Crippen molar-refractivity contribution in [3.05, 3.63) is 36.0 Å². The van der Waals surface area contributed by atoms with E-state index in [1.54, 1.807) is 20.0 Å². The molecule has 1 amide bonds. The van der Waals surface area contributed by atoms with E-state index in [-0.39, 0.29) is 18.6 Å². The lowest BCUT2D eigenvalue weighted by Gasteiger charge is -2.23. The number of hydrazine groups is 1. The maximum absolute atomic E-state index is 12.3. The van der Waals surface area contributed by atoms with Crippen molar-refractivity contribution in [3.8, 4) is 0 Å². The van der Waals surface area contributed by atoms with Crippen molar-refractivity contribution in [3.63, 3.8) is 0 Å². The molecule has 2 rings (SSSR count). The number of fused-ring (bicyclic) bond motifs is 1. The van der Waals surface area contributed by atoms with Gasteiger partial charge in [0.2, 0.25) is 0 Å². The largest absolute Gasteiger partial charge is 0.394 e. The highest BCUT2D eigenvalue weighted by Gasteiger charge is 2.19. The molecule has 1 unspecified atom stereocenters. The number of carbonyl (C=O) groups excluding carboxylic acids is 1. The first-order valence-electron chi connectivity index (χ1n) is 6.33. The van der Waals surface area contributed by atoms with Crippen LogP contribution in [0.15, 0.2) is 30.3 Å². The fourth-order valence-electron chi connectivity index (χ4n) is 1.91. The van der Waals surface area contributed by atoms with Crippen molar-refractivity contribution >= 4 is 22.5 Å². The number of benzene rings is 1. The number of aromatic nitrogens is 1. The van der Waals surface area contributed by atoms with E-state index in [0.29, 0.717) is 16.9 Å². The minimum Gasteiger partial charge on any atom is -0.394 e. The number of carbonyl (C=O) groups is 1. The number of para-hydroxylation sites is 1. The van der Waals surface area contributed by atoms with E-state index < -0.39 is 0 Å². The zero-order valence-corrected chi connectivity index (χ0v) is 11.5. The number of hydrogen-bond donors (Lipinski definition) is 3. The van der Waals surface area contributed by atoms with Crippen molar-refractivity contribution in [2.24, 2.45) is 5.84 Å². The molecule has 1 atom stereocenters. The Morgan fingerprint density at radius 2 is 2.20 bits per heavy atom. The molecule has 4 N–H and O–H groups in total. The number of aliphatic hydroxyl groups is 1. The van der Waals surface area contributed by atoms with Crippen LogP contribution in [0.4, 0.5) is 5.69 Å². The minimum atomic E-state index is -0.273. The number of likely N-dealkylation sites (N-methyl/N-ethyl adjacent to an activating group) is 1. The Morgan fingerprint density at radius 1 is 1.50 bits per heavy atom. The van der Waals surface area contributed by atoms with Crippen LogP contribution in [0.3, 0.4) is 0 Å². The van der Waals surface area contributed by atoms with Gasteiger partial charge in [-0.2, -0.15) is 0 Å². The van der Waals surface area contributed by atoms with Gasteiger partial charge in [-0.05, 0) is 19.1 Å². The molecular formula is C14H18N4O2. The van der Waals surface area contributed by atoms with Gasteiger partial charge in [0, 0.05) is 12.4 Å². The van der Waals surface area contributed by atoms with Crippen LogP contribution in [-0.2, 0) is 0 Å². The molecule has 0 radical (unpaired) electrons. The average molecular weight is 274 g/mol. The third-order valence-electron chi connectivity index (χ3n) is 3.34. The number of nitrogen functional groups attached to an aromatic ring is 1. The maximum Gasteiger partial charge on any atom is 0.272 e. The predicted molar refractivity (Wildman–Crippen MR) is 78.2 cm³/mol. The van der Waals surface area contributed by atoms with Gasteiger partial charge in [-0.3, -0.25) is 10.6 Å². The molecule has 0 fully saturated rings. The molecule has 0 aliphatic heterocycles. The number of rotatable bonds is 4. The molecule has 0 aliphatic rings. The van der Waals surface area contributed by atoms with Crippen LogP contribution in [0.2, 0.25) is 0 Å². The number of nitrogens with zero attached hydrogens (tertiary/aromatic N) is 2. The zero-order chi connectivity index (χ0) is 14.7. The second-order valence-corrected chi connectivity index (χ2v) is 4.66.